The largest absolute Gasteiger partial charge is 0.317 e. The fraction of sp³-hybridized carbons (Fsp3) is 0.0400. The van der Waals surface area contributed by atoms with Crippen LogP contribution in [-0.2, 0) is 11.3 Å². The van der Waals surface area contributed by atoms with Crippen molar-refractivity contribution in [2.75, 3.05) is 0 Å². The van der Waals surface area contributed by atoms with Crippen molar-refractivity contribution in [2.45, 2.75) is 6.54 Å². The number of hydrogen-bond donors (Lipinski definition) is 0. The smallest absolute Gasteiger partial charge is 0.293 e. The third kappa shape index (κ3) is 4.04. The molecule has 1 saturated heterocycles. The van der Waals surface area contributed by atoms with Gasteiger partial charge in [0.05, 0.1) is 16.4 Å². The van der Waals surface area contributed by atoms with Crippen LogP contribution in [0.3, 0.4) is 0 Å². The van der Waals surface area contributed by atoms with E-state index in [4.69, 9.17) is 0 Å². The van der Waals surface area contributed by atoms with E-state index in [0.717, 1.165) is 28.1 Å². The molecule has 0 unspecified atom stereocenters. The monoisotopic (exact) mass is 455 g/mol. The first-order valence-corrected chi connectivity index (χ1v) is 11.0. The molecule has 4 aromatic rings. The molecular weight excluding hydrogens is 438 g/mol. The third-order valence-electron chi connectivity index (χ3n) is 5.43. The topological polar surface area (TPSA) is 85.5 Å². The highest BCUT2D eigenvalue weighted by atomic mass is 32.2. The zero-order chi connectivity index (χ0) is 22.9. The minimum atomic E-state index is -0.452. The van der Waals surface area contributed by atoms with E-state index in [2.05, 4.69) is 0 Å². The Balaban J connectivity index is 1.39. The van der Waals surface area contributed by atoms with Gasteiger partial charge in [-0.05, 0) is 64.5 Å². The number of hydrogen-bond acceptors (Lipinski definition) is 5. The van der Waals surface area contributed by atoms with E-state index in [9.17, 15) is 19.7 Å². The Morgan fingerprint density at radius 2 is 1.67 bits per heavy atom. The summed E-state index contributed by atoms with van der Waals surface area (Å²) in [7, 11) is 0. The third-order valence-corrected chi connectivity index (χ3v) is 6.33. The van der Waals surface area contributed by atoms with Gasteiger partial charge in [0, 0.05) is 29.7 Å². The molecule has 3 aromatic carbocycles. The zero-order valence-corrected chi connectivity index (χ0v) is 18.1. The summed E-state index contributed by atoms with van der Waals surface area (Å²) in [6.45, 7) is 0.205. The highest BCUT2D eigenvalue weighted by Gasteiger charge is 2.35. The van der Waals surface area contributed by atoms with Crippen LogP contribution in [0.5, 0.6) is 0 Å². The first-order chi connectivity index (χ1) is 16.0. The number of imide groups is 1. The molecule has 33 heavy (non-hydrogen) atoms. The number of benzene rings is 3. The van der Waals surface area contributed by atoms with Crippen LogP contribution >= 0.6 is 11.8 Å². The van der Waals surface area contributed by atoms with Gasteiger partial charge in [-0.2, -0.15) is 0 Å². The molecule has 0 radical (unpaired) electrons. The Hall–Kier alpha value is -4.17. The molecule has 0 atom stereocenters. The quantitative estimate of drug-likeness (QED) is 0.216. The Bertz CT molecular complexity index is 1440. The molecule has 1 aliphatic heterocycles. The number of nitro groups is 1. The molecule has 7 nitrogen and oxygen atoms in total. The van der Waals surface area contributed by atoms with E-state index in [0.29, 0.717) is 16.3 Å². The molecule has 1 fully saturated rings. The maximum absolute atomic E-state index is 13.0. The number of rotatable bonds is 5. The summed E-state index contributed by atoms with van der Waals surface area (Å²) in [6, 6.07) is 23.6. The van der Waals surface area contributed by atoms with Crippen molar-refractivity contribution >= 4 is 45.4 Å². The van der Waals surface area contributed by atoms with Crippen molar-refractivity contribution in [3.63, 3.8) is 0 Å². The van der Waals surface area contributed by atoms with Gasteiger partial charge >= 0.3 is 0 Å². The number of non-ortho nitro benzene ring substituents is 1. The van der Waals surface area contributed by atoms with Crippen LogP contribution in [0.15, 0.2) is 90.0 Å². The fourth-order valence-electron chi connectivity index (χ4n) is 3.77. The van der Waals surface area contributed by atoms with Crippen LogP contribution < -0.4 is 0 Å². The van der Waals surface area contributed by atoms with Crippen LogP contribution in [0.25, 0.3) is 22.5 Å². The summed E-state index contributed by atoms with van der Waals surface area (Å²) in [4.78, 5) is 37.6. The molecule has 2 heterocycles. The van der Waals surface area contributed by atoms with Crippen molar-refractivity contribution in [3.8, 4) is 5.69 Å². The Morgan fingerprint density at radius 1 is 0.909 bits per heavy atom. The lowest BCUT2D eigenvalue weighted by molar-refractivity contribution is -0.384. The number of thioether (sulfide) groups is 1. The number of nitro benzene ring substituents is 1. The van der Waals surface area contributed by atoms with E-state index in [1.54, 1.807) is 29.0 Å². The van der Waals surface area contributed by atoms with Gasteiger partial charge < -0.3 is 4.57 Å². The van der Waals surface area contributed by atoms with Gasteiger partial charge in [0.15, 0.2) is 0 Å². The summed E-state index contributed by atoms with van der Waals surface area (Å²) in [6.07, 6.45) is 3.47. The molecule has 0 aliphatic carbocycles. The minimum absolute atomic E-state index is 0.00210. The van der Waals surface area contributed by atoms with Gasteiger partial charge in [-0.3, -0.25) is 24.6 Å². The Kier molecular flexibility index (Phi) is 5.27. The first kappa shape index (κ1) is 20.7. The fourth-order valence-corrected chi connectivity index (χ4v) is 4.60. The molecule has 162 valence electrons. The summed E-state index contributed by atoms with van der Waals surface area (Å²) in [5.74, 6) is -0.338. The van der Waals surface area contributed by atoms with E-state index in [-0.39, 0.29) is 23.4 Å². The predicted molar refractivity (Wildman–Crippen MR) is 128 cm³/mol. The van der Waals surface area contributed by atoms with E-state index in [1.165, 1.54) is 17.0 Å². The number of aromatic nitrogens is 1. The maximum atomic E-state index is 13.0. The van der Waals surface area contributed by atoms with Gasteiger partial charge in [-0.15, -0.1) is 0 Å². The second kappa shape index (κ2) is 8.40. The second-order valence-electron chi connectivity index (χ2n) is 7.53. The van der Waals surface area contributed by atoms with Crippen molar-refractivity contribution in [3.05, 3.63) is 111 Å². The maximum Gasteiger partial charge on any atom is 0.293 e. The zero-order valence-electron chi connectivity index (χ0n) is 17.3. The second-order valence-corrected chi connectivity index (χ2v) is 8.52. The molecule has 2 amide bonds. The average Bonchev–Trinajstić information content (AvgIpc) is 3.39. The minimum Gasteiger partial charge on any atom is -0.317 e. The molecule has 5 rings (SSSR count). The molecule has 8 heteroatoms. The van der Waals surface area contributed by atoms with Crippen LogP contribution in [0.4, 0.5) is 10.5 Å². The highest BCUT2D eigenvalue weighted by molar-refractivity contribution is 8.18. The van der Waals surface area contributed by atoms with Gasteiger partial charge in [0.25, 0.3) is 16.8 Å². The number of nitrogens with zero attached hydrogens (tertiary/aromatic N) is 3. The number of fused-ring (bicyclic) bond motifs is 1. The standard InChI is InChI=1S/C25H17N3O4S/c29-24-23(15-22-6-3-13-26(22)20-9-11-21(12-10-20)28(31)32)33-25(30)27(24)16-17-7-8-18-4-1-2-5-19(18)14-17/h1-15H,16H2/b23-15-. The van der Waals surface area contributed by atoms with Crippen LogP contribution in [-0.4, -0.2) is 25.5 Å². The van der Waals surface area contributed by atoms with Crippen LogP contribution in [0, 0.1) is 10.1 Å². The summed E-state index contributed by atoms with van der Waals surface area (Å²) >= 11 is 0.909. The van der Waals surface area contributed by atoms with E-state index in [1.807, 2.05) is 54.6 Å². The van der Waals surface area contributed by atoms with Crippen LogP contribution in [0.2, 0.25) is 0 Å². The normalized spacial score (nSPS) is 15.0. The van der Waals surface area contributed by atoms with Crippen molar-refractivity contribution in [2.24, 2.45) is 0 Å². The predicted octanol–water partition coefficient (Wildman–Crippen LogP) is 5.78. The van der Waals surface area contributed by atoms with Crippen molar-refractivity contribution in [1.82, 2.24) is 9.47 Å². The van der Waals surface area contributed by atoms with Gasteiger partial charge in [-0.1, -0.05) is 36.4 Å². The molecular formula is C25H17N3O4S. The molecule has 0 spiro atoms. The molecule has 0 N–H and O–H groups in total. The summed E-state index contributed by atoms with van der Waals surface area (Å²) in [5, 5.41) is 12.7. The SMILES string of the molecule is O=C1S/C(=C\c2cccn2-c2ccc([N+](=O)[O-])cc2)C(=O)N1Cc1ccc2ccccc2c1. The average molecular weight is 455 g/mol. The van der Waals surface area contributed by atoms with Gasteiger partial charge in [-0.25, -0.2) is 0 Å². The first-order valence-electron chi connectivity index (χ1n) is 10.1. The van der Waals surface area contributed by atoms with Gasteiger partial charge in [0.2, 0.25) is 0 Å². The Morgan fingerprint density at radius 3 is 2.42 bits per heavy atom. The van der Waals surface area contributed by atoms with Crippen molar-refractivity contribution < 1.29 is 14.5 Å². The molecule has 0 bridgehead atoms. The lowest BCUT2D eigenvalue weighted by Gasteiger charge is -2.13. The van der Waals surface area contributed by atoms with E-state index >= 15 is 0 Å². The summed E-state index contributed by atoms with van der Waals surface area (Å²) in [5.41, 5.74) is 2.29. The summed E-state index contributed by atoms with van der Waals surface area (Å²) < 4.78 is 1.81. The number of amides is 2. The Labute approximate surface area is 193 Å². The highest BCUT2D eigenvalue weighted by Crippen LogP contribution is 2.34. The molecule has 1 aliphatic rings. The number of carbonyl (C=O) groups excluding carboxylic acids is 2. The van der Waals surface area contributed by atoms with Gasteiger partial charge in [0.1, 0.15) is 0 Å². The van der Waals surface area contributed by atoms with Crippen LogP contribution in [0.1, 0.15) is 11.3 Å². The van der Waals surface area contributed by atoms with Crippen molar-refractivity contribution in [1.29, 1.82) is 0 Å². The van der Waals surface area contributed by atoms with E-state index < -0.39 is 4.92 Å². The molecule has 0 saturated carbocycles. The lowest BCUT2D eigenvalue weighted by Crippen LogP contribution is -2.27. The number of carbonyl (C=O) groups is 2. The lowest BCUT2D eigenvalue weighted by atomic mass is 10.1. The molecule has 1 aromatic heterocycles.